The molecule has 0 atom stereocenters. The van der Waals surface area contributed by atoms with Crippen molar-refractivity contribution in [3.8, 4) is 5.75 Å². The van der Waals surface area contributed by atoms with E-state index in [0.717, 1.165) is 12.0 Å². The van der Waals surface area contributed by atoms with Crippen molar-refractivity contribution in [1.82, 2.24) is 10.9 Å². The van der Waals surface area contributed by atoms with Gasteiger partial charge in [0.05, 0.1) is 6.61 Å². The van der Waals surface area contributed by atoms with Crippen LogP contribution in [0.1, 0.15) is 56.9 Å². The number of hydrogen-bond acceptors (Lipinski definition) is 4. The van der Waals surface area contributed by atoms with Gasteiger partial charge >= 0.3 is 0 Å². The molecule has 7 nitrogen and oxygen atoms in total. The Bertz CT molecular complexity index is 1140. The molecule has 3 N–H and O–H groups in total. The molecule has 0 aliphatic heterocycles. The summed E-state index contributed by atoms with van der Waals surface area (Å²) in [7, 11) is 0. The first kappa shape index (κ1) is 24.5. The van der Waals surface area contributed by atoms with Crippen LogP contribution in [0.2, 0.25) is 0 Å². The molecular weight excluding hydrogens is 430 g/mol. The Morgan fingerprint density at radius 1 is 0.765 bits per heavy atom. The summed E-state index contributed by atoms with van der Waals surface area (Å²) in [6, 6.07) is 20.4. The highest BCUT2D eigenvalue weighted by atomic mass is 16.5. The molecule has 3 aromatic carbocycles. The first-order valence-electron chi connectivity index (χ1n) is 11.1. The summed E-state index contributed by atoms with van der Waals surface area (Å²) >= 11 is 0. The van der Waals surface area contributed by atoms with Crippen molar-refractivity contribution in [3.63, 3.8) is 0 Å². The van der Waals surface area contributed by atoms with Crippen LogP contribution in [0, 0.1) is 12.8 Å². The van der Waals surface area contributed by atoms with Crippen LogP contribution in [-0.4, -0.2) is 24.3 Å². The van der Waals surface area contributed by atoms with Gasteiger partial charge in [0, 0.05) is 22.4 Å². The van der Waals surface area contributed by atoms with Crippen molar-refractivity contribution in [1.29, 1.82) is 0 Å². The molecule has 176 valence electrons. The van der Waals surface area contributed by atoms with Crippen LogP contribution in [-0.2, 0) is 0 Å². The number of hydrogen-bond donors (Lipinski definition) is 3. The molecule has 0 saturated heterocycles. The van der Waals surface area contributed by atoms with Crippen LogP contribution in [0.25, 0.3) is 0 Å². The standard InChI is InChI=1S/C27H29N3O4/c1-18(2)15-16-34-24-13-9-21(10-14-24)27(33)30-29-26(32)20-7-11-23(12-8-20)28-25(31)22-6-4-5-19(3)17-22/h4-14,17-18H,15-16H2,1-3H3,(H,28,31)(H,29,32)(H,30,33). The lowest BCUT2D eigenvalue weighted by Gasteiger charge is -2.10. The van der Waals surface area contributed by atoms with Gasteiger partial charge < -0.3 is 10.1 Å². The summed E-state index contributed by atoms with van der Waals surface area (Å²) in [6.45, 7) is 6.79. The van der Waals surface area contributed by atoms with E-state index in [0.29, 0.717) is 40.7 Å². The van der Waals surface area contributed by atoms with E-state index in [1.54, 1.807) is 60.7 Å². The average Bonchev–Trinajstić information content (AvgIpc) is 2.83. The lowest BCUT2D eigenvalue weighted by atomic mass is 10.1. The Hall–Kier alpha value is -4.13. The molecule has 0 aromatic heterocycles. The van der Waals surface area contributed by atoms with Gasteiger partial charge in [0.25, 0.3) is 17.7 Å². The van der Waals surface area contributed by atoms with Crippen molar-refractivity contribution in [2.45, 2.75) is 27.2 Å². The third-order valence-electron chi connectivity index (χ3n) is 5.06. The Kier molecular flexibility index (Phi) is 8.40. The van der Waals surface area contributed by atoms with Crippen molar-refractivity contribution in [3.05, 3.63) is 95.1 Å². The van der Waals surface area contributed by atoms with E-state index in [2.05, 4.69) is 30.0 Å². The molecule has 0 fully saturated rings. The first-order chi connectivity index (χ1) is 16.3. The number of carbonyl (C=O) groups is 3. The van der Waals surface area contributed by atoms with E-state index in [1.165, 1.54) is 0 Å². The van der Waals surface area contributed by atoms with Crippen LogP contribution >= 0.6 is 0 Å². The smallest absolute Gasteiger partial charge is 0.269 e. The largest absolute Gasteiger partial charge is 0.494 e. The summed E-state index contributed by atoms with van der Waals surface area (Å²) in [6.07, 6.45) is 0.953. The number of aryl methyl sites for hydroxylation is 1. The van der Waals surface area contributed by atoms with E-state index in [9.17, 15) is 14.4 Å². The second-order valence-electron chi connectivity index (χ2n) is 8.36. The summed E-state index contributed by atoms with van der Waals surface area (Å²) in [5, 5.41) is 2.80. The second kappa shape index (κ2) is 11.7. The molecule has 34 heavy (non-hydrogen) atoms. The highest BCUT2D eigenvalue weighted by Gasteiger charge is 2.11. The number of nitrogens with one attached hydrogen (secondary N) is 3. The van der Waals surface area contributed by atoms with Crippen molar-refractivity contribution in [2.24, 2.45) is 5.92 Å². The minimum Gasteiger partial charge on any atom is -0.494 e. The maximum absolute atomic E-state index is 12.4. The number of hydrazine groups is 1. The number of carbonyl (C=O) groups excluding carboxylic acids is 3. The summed E-state index contributed by atoms with van der Waals surface area (Å²) in [5.41, 5.74) is 7.63. The zero-order valence-electron chi connectivity index (χ0n) is 19.6. The molecule has 3 amide bonds. The number of benzene rings is 3. The van der Waals surface area contributed by atoms with E-state index >= 15 is 0 Å². The number of rotatable bonds is 8. The van der Waals surface area contributed by atoms with Crippen molar-refractivity contribution < 1.29 is 19.1 Å². The predicted molar refractivity (Wildman–Crippen MR) is 132 cm³/mol. The lowest BCUT2D eigenvalue weighted by molar-refractivity contribution is 0.0846. The van der Waals surface area contributed by atoms with Gasteiger partial charge in [-0.3, -0.25) is 25.2 Å². The Balaban J connectivity index is 1.49. The van der Waals surface area contributed by atoms with Crippen LogP contribution in [0.3, 0.4) is 0 Å². The van der Waals surface area contributed by atoms with E-state index in [1.807, 2.05) is 19.1 Å². The first-order valence-corrected chi connectivity index (χ1v) is 11.1. The summed E-state index contributed by atoms with van der Waals surface area (Å²) in [4.78, 5) is 37.0. The van der Waals surface area contributed by atoms with Gasteiger partial charge in [-0.15, -0.1) is 0 Å². The molecule has 0 aliphatic rings. The number of anilines is 1. The molecule has 0 heterocycles. The molecule has 0 unspecified atom stereocenters. The minimum atomic E-state index is -0.474. The minimum absolute atomic E-state index is 0.232. The van der Waals surface area contributed by atoms with Crippen LogP contribution in [0.5, 0.6) is 5.75 Å². The normalized spacial score (nSPS) is 10.5. The molecule has 0 bridgehead atoms. The van der Waals surface area contributed by atoms with Crippen LogP contribution in [0.15, 0.2) is 72.8 Å². The molecule has 7 heteroatoms. The van der Waals surface area contributed by atoms with E-state index in [4.69, 9.17) is 4.74 Å². The van der Waals surface area contributed by atoms with Gasteiger partial charge in [-0.05, 0) is 79.9 Å². The lowest BCUT2D eigenvalue weighted by Crippen LogP contribution is -2.41. The van der Waals surface area contributed by atoms with Gasteiger partial charge in [-0.2, -0.15) is 0 Å². The molecule has 0 radical (unpaired) electrons. The fourth-order valence-corrected chi connectivity index (χ4v) is 3.07. The maximum atomic E-state index is 12.4. The zero-order valence-corrected chi connectivity index (χ0v) is 19.6. The molecular formula is C27H29N3O4. The third kappa shape index (κ3) is 7.20. The SMILES string of the molecule is Cc1cccc(C(=O)Nc2ccc(C(=O)NNC(=O)c3ccc(OCCC(C)C)cc3)cc2)c1. The average molecular weight is 460 g/mol. The fraction of sp³-hybridized carbons (Fsp3) is 0.222. The molecule has 0 aliphatic carbocycles. The maximum Gasteiger partial charge on any atom is 0.269 e. The highest BCUT2D eigenvalue weighted by molar-refractivity contribution is 6.05. The van der Waals surface area contributed by atoms with Gasteiger partial charge in [0.1, 0.15) is 5.75 Å². The Labute approximate surface area is 199 Å². The number of amides is 3. The molecule has 0 saturated carbocycles. The van der Waals surface area contributed by atoms with Crippen LogP contribution in [0.4, 0.5) is 5.69 Å². The van der Waals surface area contributed by atoms with Gasteiger partial charge in [0.2, 0.25) is 0 Å². The Morgan fingerprint density at radius 2 is 1.35 bits per heavy atom. The monoisotopic (exact) mass is 459 g/mol. The Morgan fingerprint density at radius 3 is 1.91 bits per heavy atom. The quantitative estimate of drug-likeness (QED) is 0.424. The van der Waals surface area contributed by atoms with Crippen LogP contribution < -0.4 is 20.9 Å². The molecule has 3 aromatic rings. The zero-order chi connectivity index (χ0) is 24.5. The highest BCUT2D eigenvalue weighted by Crippen LogP contribution is 2.14. The third-order valence-corrected chi connectivity index (χ3v) is 5.06. The number of ether oxygens (including phenoxy) is 1. The topological polar surface area (TPSA) is 96.5 Å². The summed E-state index contributed by atoms with van der Waals surface area (Å²) in [5.74, 6) is 0.102. The van der Waals surface area contributed by atoms with E-state index < -0.39 is 11.8 Å². The van der Waals surface area contributed by atoms with E-state index in [-0.39, 0.29) is 5.91 Å². The second-order valence-corrected chi connectivity index (χ2v) is 8.36. The molecule has 3 rings (SSSR count). The van der Waals surface area contributed by atoms with Gasteiger partial charge in [0.15, 0.2) is 0 Å². The molecule has 0 spiro atoms. The van der Waals surface area contributed by atoms with Crippen molar-refractivity contribution >= 4 is 23.4 Å². The van der Waals surface area contributed by atoms with Gasteiger partial charge in [-0.25, -0.2) is 0 Å². The fourth-order valence-electron chi connectivity index (χ4n) is 3.07. The summed E-state index contributed by atoms with van der Waals surface area (Å²) < 4.78 is 5.64. The predicted octanol–water partition coefficient (Wildman–Crippen LogP) is 4.75. The van der Waals surface area contributed by atoms with Gasteiger partial charge in [-0.1, -0.05) is 31.5 Å². The van der Waals surface area contributed by atoms with Crippen molar-refractivity contribution in [2.75, 3.05) is 11.9 Å².